The number of rotatable bonds is 5. The van der Waals surface area contributed by atoms with Crippen molar-refractivity contribution in [1.29, 1.82) is 0 Å². The molecule has 100 valence electrons. The molecule has 0 aliphatic rings. The summed E-state index contributed by atoms with van der Waals surface area (Å²) in [6.45, 7) is 11.8. The number of benzene rings is 1. The van der Waals surface area contributed by atoms with E-state index in [1.165, 1.54) is 11.1 Å². The lowest BCUT2D eigenvalue weighted by molar-refractivity contribution is 0.937. The molecule has 0 fully saturated rings. The van der Waals surface area contributed by atoms with Gasteiger partial charge in [0.1, 0.15) is 5.82 Å². The van der Waals surface area contributed by atoms with Crippen LogP contribution in [0, 0.1) is 6.92 Å². The van der Waals surface area contributed by atoms with E-state index in [1.807, 2.05) is 32.9 Å². The van der Waals surface area contributed by atoms with Gasteiger partial charge in [0, 0.05) is 11.9 Å². The van der Waals surface area contributed by atoms with Crippen molar-refractivity contribution in [3.63, 3.8) is 0 Å². The van der Waals surface area contributed by atoms with Crippen molar-refractivity contribution >= 4 is 12.3 Å². The topological polar surface area (TPSA) is 24.4 Å². The monoisotopic (exact) mass is 254 g/mol. The van der Waals surface area contributed by atoms with E-state index in [0.29, 0.717) is 0 Å². The van der Waals surface area contributed by atoms with Crippen LogP contribution in [0.5, 0.6) is 0 Å². The molecular weight excluding hydrogens is 232 g/mol. The van der Waals surface area contributed by atoms with E-state index in [1.54, 1.807) is 6.21 Å². The van der Waals surface area contributed by atoms with Crippen molar-refractivity contribution in [3.8, 4) is 0 Å². The molecule has 0 aliphatic heterocycles. The highest BCUT2D eigenvalue weighted by Crippen LogP contribution is 2.12. The third kappa shape index (κ3) is 4.96. The number of aliphatic imine (C=N–C) groups is 1. The minimum absolute atomic E-state index is 0.833. The van der Waals surface area contributed by atoms with Gasteiger partial charge in [-0.2, -0.15) is 0 Å². The molecule has 0 atom stereocenters. The summed E-state index contributed by atoms with van der Waals surface area (Å²) in [6.07, 6.45) is 5.95. The Bertz CT molecular complexity index is 534. The maximum atomic E-state index is 4.33. The molecule has 0 spiro atoms. The lowest BCUT2D eigenvalue weighted by atomic mass is 10.1. The fourth-order valence-electron chi connectivity index (χ4n) is 1.63. The standard InChI is InChI=1S/C17H22N2/c1-6-18-17(19-13(2)3)15(5)11-12-16-10-8-7-9-14(16)4/h6-12,19H,2H2,1,3-5H3/b12-11+,17-15+,18-6-. The second-order valence-electron chi connectivity index (χ2n) is 4.51. The van der Waals surface area contributed by atoms with Crippen LogP contribution in [0.25, 0.3) is 6.08 Å². The summed E-state index contributed by atoms with van der Waals surface area (Å²) in [5, 5.41) is 3.17. The first-order valence-corrected chi connectivity index (χ1v) is 6.40. The van der Waals surface area contributed by atoms with Crippen molar-refractivity contribution in [2.45, 2.75) is 27.7 Å². The molecule has 0 saturated heterocycles. The van der Waals surface area contributed by atoms with Crippen molar-refractivity contribution in [1.82, 2.24) is 5.32 Å². The minimum Gasteiger partial charge on any atom is -0.344 e. The highest BCUT2D eigenvalue weighted by Gasteiger charge is 1.98. The Morgan fingerprint density at radius 1 is 1.26 bits per heavy atom. The molecule has 1 aromatic rings. The number of nitrogens with zero attached hydrogens (tertiary/aromatic N) is 1. The fourth-order valence-corrected chi connectivity index (χ4v) is 1.63. The molecule has 1 aromatic carbocycles. The zero-order valence-corrected chi connectivity index (χ0v) is 12.2. The summed E-state index contributed by atoms with van der Waals surface area (Å²) in [6, 6.07) is 8.30. The first kappa shape index (κ1) is 15.0. The van der Waals surface area contributed by atoms with Gasteiger partial charge >= 0.3 is 0 Å². The van der Waals surface area contributed by atoms with Gasteiger partial charge in [0.25, 0.3) is 0 Å². The SMILES string of the molecule is C=C(C)NC(/N=C\C)=C(C)/C=C/c1ccccc1C. The fraction of sp³-hybridized carbons (Fsp3) is 0.235. The summed E-state index contributed by atoms with van der Waals surface area (Å²) < 4.78 is 0. The lowest BCUT2D eigenvalue weighted by Crippen LogP contribution is -2.09. The zero-order chi connectivity index (χ0) is 14.3. The molecule has 2 nitrogen and oxygen atoms in total. The van der Waals surface area contributed by atoms with E-state index >= 15 is 0 Å². The smallest absolute Gasteiger partial charge is 0.132 e. The Kier molecular flexibility index (Phi) is 5.80. The largest absolute Gasteiger partial charge is 0.344 e. The lowest BCUT2D eigenvalue weighted by Gasteiger charge is -2.08. The third-order valence-corrected chi connectivity index (χ3v) is 2.66. The second kappa shape index (κ2) is 7.37. The number of hydrogen-bond acceptors (Lipinski definition) is 2. The van der Waals surface area contributed by atoms with Gasteiger partial charge in [0.15, 0.2) is 0 Å². The summed E-state index contributed by atoms with van der Waals surface area (Å²) in [7, 11) is 0. The second-order valence-corrected chi connectivity index (χ2v) is 4.51. The van der Waals surface area contributed by atoms with Crippen LogP contribution in [-0.2, 0) is 0 Å². The van der Waals surface area contributed by atoms with Gasteiger partial charge in [-0.1, -0.05) is 43.0 Å². The highest BCUT2D eigenvalue weighted by atomic mass is 15.0. The van der Waals surface area contributed by atoms with Crippen LogP contribution in [0.1, 0.15) is 31.9 Å². The van der Waals surface area contributed by atoms with Crippen LogP contribution >= 0.6 is 0 Å². The average molecular weight is 254 g/mol. The molecule has 0 aliphatic carbocycles. The summed E-state index contributed by atoms with van der Waals surface area (Å²) in [4.78, 5) is 4.33. The normalized spacial score (nSPS) is 12.8. The van der Waals surface area contributed by atoms with Crippen LogP contribution in [-0.4, -0.2) is 6.21 Å². The van der Waals surface area contributed by atoms with E-state index in [2.05, 4.69) is 48.1 Å². The zero-order valence-electron chi connectivity index (χ0n) is 12.2. The van der Waals surface area contributed by atoms with Crippen LogP contribution in [0.15, 0.2) is 59.0 Å². The van der Waals surface area contributed by atoms with Gasteiger partial charge in [-0.3, -0.25) is 0 Å². The first-order chi connectivity index (χ1) is 9.04. The molecule has 1 rings (SSSR count). The molecule has 0 radical (unpaired) electrons. The molecule has 0 amide bonds. The van der Waals surface area contributed by atoms with E-state index < -0.39 is 0 Å². The summed E-state index contributed by atoms with van der Waals surface area (Å²) >= 11 is 0. The quantitative estimate of drug-likeness (QED) is 0.609. The molecule has 0 heterocycles. The molecule has 0 unspecified atom stereocenters. The average Bonchev–Trinajstić information content (AvgIpc) is 2.36. The van der Waals surface area contributed by atoms with Crippen molar-refractivity contribution in [2.75, 3.05) is 0 Å². The van der Waals surface area contributed by atoms with Crippen LogP contribution in [0.3, 0.4) is 0 Å². The third-order valence-electron chi connectivity index (χ3n) is 2.66. The summed E-state index contributed by atoms with van der Waals surface area (Å²) in [5.41, 5.74) is 4.44. The number of hydrogen-bond donors (Lipinski definition) is 1. The van der Waals surface area contributed by atoms with Gasteiger partial charge < -0.3 is 5.32 Å². The van der Waals surface area contributed by atoms with E-state index in [0.717, 1.165) is 17.1 Å². The van der Waals surface area contributed by atoms with Crippen molar-refractivity contribution in [2.24, 2.45) is 4.99 Å². The minimum atomic E-state index is 0.833. The Labute approximate surface area is 116 Å². The van der Waals surface area contributed by atoms with Crippen LogP contribution < -0.4 is 5.32 Å². The predicted molar refractivity (Wildman–Crippen MR) is 85.0 cm³/mol. The molecule has 19 heavy (non-hydrogen) atoms. The predicted octanol–water partition coefficient (Wildman–Crippen LogP) is 4.45. The number of nitrogens with one attached hydrogen (secondary N) is 1. The molecule has 0 aromatic heterocycles. The van der Waals surface area contributed by atoms with E-state index in [9.17, 15) is 0 Å². The molecule has 1 N–H and O–H groups in total. The molecule has 0 bridgehead atoms. The maximum Gasteiger partial charge on any atom is 0.132 e. The maximum absolute atomic E-state index is 4.33. The van der Waals surface area contributed by atoms with Gasteiger partial charge in [-0.25, -0.2) is 4.99 Å². The first-order valence-electron chi connectivity index (χ1n) is 6.40. The van der Waals surface area contributed by atoms with Gasteiger partial charge in [-0.15, -0.1) is 0 Å². The van der Waals surface area contributed by atoms with Crippen LogP contribution in [0.2, 0.25) is 0 Å². The van der Waals surface area contributed by atoms with Crippen LogP contribution in [0.4, 0.5) is 0 Å². The van der Waals surface area contributed by atoms with Gasteiger partial charge in [0.05, 0.1) is 0 Å². The Morgan fingerprint density at radius 3 is 2.53 bits per heavy atom. The van der Waals surface area contributed by atoms with Gasteiger partial charge in [-0.05, 0) is 44.4 Å². The van der Waals surface area contributed by atoms with Crippen molar-refractivity contribution in [3.05, 3.63) is 65.1 Å². The molecule has 2 heteroatoms. The molecule has 0 saturated carbocycles. The van der Waals surface area contributed by atoms with Crippen molar-refractivity contribution < 1.29 is 0 Å². The number of aryl methyl sites for hydroxylation is 1. The Balaban J connectivity index is 3.00. The molecular formula is C17H22N2. The number of allylic oxidation sites excluding steroid dienone is 3. The van der Waals surface area contributed by atoms with E-state index in [4.69, 9.17) is 0 Å². The van der Waals surface area contributed by atoms with Gasteiger partial charge in [0.2, 0.25) is 0 Å². The Hall–Kier alpha value is -2.09. The van der Waals surface area contributed by atoms with E-state index in [-0.39, 0.29) is 0 Å². The Morgan fingerprint density at radius 2 is 1.95 bits per heavy atom. The summed E-state index contributed by atoms with van der Waals surface area (Å²) in [5.74, 6) is 0.833. The highest BCUT2D eigenvalue weighted by molar-refractivity contribution is 5.58.